The summed E-state index contributed by atoms with van der Waals surface area (Å²) in [4.78, 5) is 12.7. The minimum absolute atomic E-state index is 0.0601. The molecule has 2 aromatic rings. The first-order valence-corrected chi connectivity index (χ1v) is 15.9. The van der Waals surface area contributed by atoms with Crippen LogP contribution in [0.3, 0.4) is 0 Å². The minimum atomic E-state index is -4.05. The van der Waals surface area contributed by atoms with Crippen molar-refractivity contribution in [3.05, 3.63) is 64.5 Å². The highest BCUT2D eigenvalue weighted by molar-refractivity contribution is 7.93. The molecule has 206 valence electrons. The monoisotopic (exact) mass is 584 g/mol. The number of carbonyl (C=O) groups is 1. The smallest absolute Gasteiger partial charge is 0.258 e. The molecule has 0 aliphatic carbocycles. The molecule has 2 aliphatic heterocycles. The van der Waals surface area contributed by atoms with Crippen molar-refractivity contribution < 1.29 is 30.8 Å². The van der Waals surface area contributed by atoms with Crippen molar-refractivity contribution in [2.75, 3.05) is 32.6 Å². The Morgan fingerprint density at radius 1 is 1.13 bits per heavy atom. The highest BCUT2D eigenvalue weighted by atomic mass is 35.5. The second kappa shape index (κ2) is 11.1. The maximum Gasteiger partial charge on any atom is 0.258 e. The molecule has 0 spiro atoms. The van der Waals surface area contributed by atoms with E-state index in [-0.39, 0.29) is 36.7 Å². The molecule has 2 aromatic carbocycles. The average molecular weight is 585 g/mol. The number of ether oxygens (including phenoxy) is 1. The van der Waals surface area contributed by atoms with Gasteiger partial charge >= 0.3 is 0 Å². The Hall–Kier alpha value is -2.31. The second-order valence-corrected chi connectivity index (χ2v) is 14.0. The lowest BCUT2D eigenvalue weighted by atomic mass is 9.93. The van der Waals surface area contributed by atoms with Crippen molar-refractivity contribution >= 4 is 37.4 Å². The van der Waals surface area contributed by atoms with Crippen molar-refractivity contribution in [2.45, 2.75) is 42.3 Å². The third-order valence-corrected chi connectivity index (χ3v) is 9.73. The summed E-state index contributed by atoms with van der Waals surface area (Å²) in [6.07, 6.45) is 1.60. The van der Waals surface area contributed by atoms with Crippen LogP contribution >= 0.6 is 11.6 Å². The van der Waals surface area contributed by atoms with Gasteiger partial charge in [0.15, 0.2) is 15.5 Å². The van der Waals surface area contributed by atoms with E-state index in [0.717, 1.165) is 17.2 Å². The number of halogens is 2. The van der Waals surface area contributed by atoms with Gasteiger partial charge in [-0.1, -0.05) is 41.9 Å². The Kier molecular flexibility index (Phi) is 8.34. The van der Waals surface area contributed by atoms with Crippen molar-refractivity contribution in [1.82, 2.24) is 9.62 Å². The molecule has 8 nitrogen and oxygen atoms in total. The number of amides is 1. The van der Waals surface area contributed by atoms with E-state index >= 15 is 4.39 Å². The second-order valence-electron chi connectivity index (χ2n) is 9.76. The van der Waals surface area contributed by atoms with Gasteiger partial charge in [-0.3, -0.25) is 4.79 Å². The van der Waals surface area contributed by atoms with Gasteiger partial charge in [0.2, 0.25) is 10.0 Å². The lowest BCUT2D eigenvalue weighted by molar-refractivity contribution is -0.135. The Morgan fingerprint density at radius 2 is 1.79 bits per heavy atom. The van der Waals surface area contributed by atoms with Crippen LogP contribution in [-0.4, -0.2) is 71.3 Å². The van der Waals surface area contributed by atoms with E-state index in [1.165, 1.54) is 17.3 Å². The molecule has 0 bridgehead atoms. The Morgan fingerprint density at radius 3 is 2.37 bits per heavy atom. The molecule has 1 amide bonds. The quantitative estimate of drug-likeness (QED) is 0.507. The molecule has 0 radical (unpaired) electrons. The third kappa shape index (κ3) is 6.28. The van der Waals surface area contributed by atoms with Crippen LogP contribution in [0.1, 0.15) is 31.2 Å². The fourth-order valence-corrected chi connectivity index (χ4v) is 6.82. The van der Waals surface area contributed by atoms with Gasteiger partial charge in [-0.05, 0) is 30.7 Å². The number of benzene rings is 2. The summed E-state index contributed by atoms with van der Waals surface area (Å²) in [6.45, 7) is 2.26. The molecule has 0 aromatic heterocycles. The molecule has 1 N–H and O–H groups in total. The number of carbonyl (C=O) groups excluding carboxylic acids is 1. The van der Waals surface area contributed by atoms with E-state index < -0.39 is 37.5 Å². The molecule has 0 saturated carbocycles. The van der Waals surface area contributed by atoms with Crippen LogP contribution in [0.25, 0.3) is 11.1 Å². The molecule has 38 heavy (non-hydrogen) atoms. The molecule has 2 heterocycles. The van der Waals surface area contributed by atoms with Crippen molar-refractivity contribution in [1.29, 1.82) is 0 Å². The SMILES string of the molecule is C[C@H](/C=C\S(C)(=O)=O)NC(=O)C1(F)CCN(S(=O)(=O)c2ccc(C3COC3)cc2-c2ccccc2Cl)CC1. The van der Waals surface area contributed by atoms with Crippen LogP contribution < -0.4 is 5.32 Å². The number of piperidine rings is 1. The topological polar surface area (TPSA) is 110 Å². The van der Waals surface area contributed by atoms with Crippen molar-refractivity contribution in [3.8, 4) is 11.1 Å². The fraction of sp³-hybridized carbons (Fsp3) is 0.423. The minimum Gasteiger partial charge on any atom is -0.380 e. The van der Waals surface area contributed by atoms with Crippen LogP contribution in [0.15, 0.2) is 58.8 Å². The van der Waals surface area contributed by atoms with E-state index in [1.54, 1.807) is 36.4 Å². The standard InChI is InChI=1S/C26H30ClFN2O6S2/c1-18(9-14-37(2,32)33)29-25(31)26(28)10-12-30(13-11-26)38(34,35)24-8-7-19(20-16-36-17-20)15-22(24)21-5-3-4-6-23(21)27/h3-9,14-15,18,20H,10-13,16-17H2,1-2H3,(H,29,31)/b14-9-/t18-/m1/s1. The Bertz CT molecular complexity index is 1450. The van der Waals surface area contributed by atoms with E-state index in [0.29, 0.717) is 29.4 Å². The summed E-state index contributed by atoms with van der Waals surface area (Å²) < 4.78 is 72.1. The normalized spacial score (nSPS) is 19.7. The Labute approximate surface area is 227 Å². The fourth-order valence-electron chi connectivity index (χ4n) is 4.44. The van der Waals surface area contributed by atoms with Gasteiger partial charge < -0.3 is 10.1 Å². The molecule has 0 unspecified atom stereocenters. The number of nitrogens with one attached hydrogen (secondary N) is 1. The zero-order chi connectivity index (χ0) is 27.7. The van der Waals surface area contributed by atoms with Gasteiger partial charge in [0.25, 0.3) is 5.91 Å². The average Bonchev–Trinajstić information content (AvgIpc) is 2.82. The molecule has 4 rings (SSSR count). The number of alkyl halides is 1. The maximum absolute atomic E-state index is 15.5. The maximum atomic E-state index is 15.5. The molecular formula is C26H30ClFN2O6S2. The third-order valence-electron chi connectivity index (χ3n) is 6.79. The molecule has 12 heteroatoms. The summed E-state index contributed by atoms with van der Waals surface area (Å²) in [5, 5.41) is 3.80. The van der Waals surface area contributed by atoms with E-state index in [2.05, 4.69) is 5.32 Å². The molecular weight excluding hydrogens is 555 g/mol. The first-order chi connectivity index (χ1) is 17.8. The first-order valence-electron chi connectivity index (χ1n) is 12.1. The molecule has 1 atom stereocenters. The number of sulfonamides is 1. The van der Waals surface area contributed by atoms with Gasteiger partial charge in [-0.25, -0.2) is 21.2 Å². The van der Waals surface area contributed by atoms with Crippen molar-refractivity contribution in [2.24, 2.45) is 0 Å². The summed E-state index contributed by atoms with van der Waals surface area (Å²) >= 11 is 6.44. The van der Waals surface area contributed by atoms with Crippen LogP contribution in [0, 0.1) is 0 Å². The first kappa shape index (κ1) is 28.7. The number of hydrogen-bond acceptors (Lipinski definition) is 6. The van der Waals surface area contributed by atoms with Gasteiger partial charge in [0, 0.05) is 65.7 Å². The van der Waals surface area contributed by atoms with E-state index in [1.807, 2.05) is 6.07 Å². The highest BCUT2D eigenvalue weighted by Gasteiger charge is 2.45. The summed E-state index contributed by atoms with van der Waals surface area (Å²) in [7, 11) is -7.44. The lowest BCUT2D eigenvalue weighted by Gasteiger charge is -2.35. The Balaban J connectivity index is 1.55. The van der Waals surface area contributed by atoms with Gasteiger partial charge in [-0.15, -0.1) is 0 Å². The summed E-state index contributed by atoms with van der Waals surface area (Å²) in [6, 6.07) is 11.4. The van der Waals surface area contributed by atoms with E-state index in [9.17, 15) is 21.6 Å². The lowest BCUT2D eigenvalue weighted by Crippen LogP contribution is -2.53. The largest absolute Gasteiger partial charge is 0.380 e. The number of rotatable bonds is 8. The zero-order valence-electron chi connectivity index (χ0n) is 21.1. The van der Waals surface area contributed by atoms with Crippen molar-refractivity contribution in [3.63, 3.8) is 0 Å². The summed E-state index contributed by atoms with van der Waals surface area (Å²) in [5.74, 6) is -0.729. The van der Waals surface area contributed by atoms with Gasteiger partial charge in [0.05, 0.1) is 18.1 Å². The van der Waals surface area contributed by atoms with Crippen LogP contribution in [0.5, 0.6) is 0 Å². The molecule has 2 fully saturated rings. The number of nitrogens with zero attached hydrogens (tertiary/aromatic N) is 1. The predicted molar refractivity (Wildman–Crippen MR) is 144 cm³/mol. The van der Waals surface area contributed by atoms with Gasteiger partial charge in [0.1, 0.15) is 0 Å². The van der Waals surface area contributed by atoms with Crippen LogP contribution in [0.4, 0.5) is 4.39 Å². The molecule has 2 saturated heterocycles. The molecule has 2 aliphatic rings. The highest BCUT2D eigenvalue weighted by Crippen LogP contribution is 2.39. The van der Waals surface area contributed by atoms with Crippen LogP contribution in [0.2, 0.25) is 5.02 Å². The predicted octanol–water partition coefficient (Wildman–Crippen LogP) is 3.68. The van der Waals surface area contributed by atoms with Crippen LogP contribution in [-0.2, 0) is 29.4 Å². The van der Waals surface area contributed by atoms with Gasteiger partial charge in [-0.2, -0.15) is 4.31 Å². The number of hydrogen-bond donors (Lipinski definition) is 1. The zero-order valence-corrected chi connectivity index (χ0v) is 23.5. The number of sulfone groups is 1. The summed E-state index contributed by atoms with van der Waals surface area (Å²) in [5.41, 5.74) is -0.301. The van der Waals surface area contributed by atoms with E-state index in [4.69, 9.17) is 16.3 Å².